The quantitative estimate of drug-likeness (QED) is 0.920. The molecule has 0 aliphatic carbocycles. The van der Waals surface area contributed by atoms with Gasteiger partial charge in [0.05, 0.1) is 18.3 Å². The zero-order valence-corrected chi connectivity index (χ0v) is 14.2. The largest absolute Gasteiger partial charge is 0.379 e. The average molecular weight is 337 g/mol. The minimum atomic E-state index is -0.0317. The van der Waals surface area contributed by atoms with Gasteiger partial charge in [-0.15, -0.1) is 5.10 Å². The lowest BCUT2D eigenvalue weighted by molar-refractivity contribution is 0.347. The summed E-state index contributed by atoms with van der Waals surface area (Å²) in [5, 5.41) is 11.8. The van der Waals surface area contributed by atoms with Gasteiger partial charge in [0.1, 0.15) is 5.69 Å². The fraction of sp³-hybridized carbons (Fsp3) is 0.467. The second-order valence-corrected chi connectivity index (χ2v) is 6.90. The van der Waals surface area contributed by atoms with Crippen molar-refractivity contribution in [2.24, 2.45) is 0 Å². The minimum Gasteiger partial charge on any atom is -0.379 e. The summed E-state index contributed by atoms with van der Waals surface area (Å²) in [6.07, 6.45) is 1.99. The number of aromatic nitrogens is 3. The number of hydrogen-bond donors (Lipinski definition) is 1. The molecule has 1 aromatic carbocycles. The molecule has 0 amide bonds. The maximum atomic E-state index is 4.20. The normalized spacial score (nSPS) is 11.7. The fourth-order valence-corrected chi connectivity index (χ4v) is 2.18. The number of aryl methyl sites for hydroxylation is 2. The fourth-order valence-electron chi connectivity index (χ4n) is 1.95. The van der Waals surface area contributed by atoms with Gasteiger partial charge in [0.15, 0.2) is 0 Å². The third-order valence-corrected chi connectivity index (χ3v) is 4.39. The van der Waals surface area contributed by atoms with Crippen LogP contribution in [0.25, 0.3) is 0 Å². The van der Waals surface area contributed by atoms with Crippen LogP contribution in [0.3, 0.4) is 0 Å². The molecule has 5 heteroatoms. The lowest BCUT2D eigenvalue weighted by atomic mass is 10.1. The summed E-state index contributed by atoms with van der Waals surface area (Å²) >= 11 is 3.58. The molecule has 0 aliphatic rings. The van der Waals surface area contributed by atoms with E-state index in [4.69, 9.17) is 0 Å². The Morgan fingerprint density at radius 1 is 1.20 bits per heavy atom. The number of nitrogens with zero attached hydrogens (tertiary/aromatic N) is 3. The molecule has 4 nitrogen and oxygen atoms in total. The van der Waals surface area contributed by atoms with Crippen molar-refractivity contribution in [2.75, 3.05) is 5.32 Å². The Morgan fingerprint density at radius 2 is 1.80 bits per heavy atom. The molecule has 108 valence electrons. The van der Waals surface area contributed by atoms with Crippen molar-refractivity contribution < 1.29 is 0 Å². The Kier molecular flexibility index (Phi) is 4.18. The van der Waals surface area contributed by atoms with Crippen LogP contribution in [0.15, 0.2) is 22.8 Å². The van der Waals surface area contributed by atoms with E-state index in [1.165, 1.54) is 15.6 Å². The van der Waals surface area contributed by atoms with Gasteiger partial charge in [0.2, 0.25) is 0 Å². The van der Waals surface area contributed by atoms with Crippen LogP contribution in [-0.2, 0) is 12.1 Å². The van der Waals surface area contributed by atoms with Crippen molar-refractivity contribution in [1.82, 2.24) is 15.0 Å². The molecule has 1 aromatic heterocycles. The molecule has 0 saturated heterocycles. The molecule has 1 heterocycles. The summed E-state index contributed by atoms with van der Waals surface area (Å²) in [5.41, 5.74) is 4.47. The van der Waals surface area contributed by atoms with Crippen LogP contribution in [0, 0.1) is 13.8 Å². The predicted octanol–water partition coefficient (Wildman–Crippen LogP) is 4.02. The molecule has 0 aliphatic heterocycles. The van der Waals surface area contributed by atoms with E-state index in [0.717, 1.165) is 11.4 Å². The first kappa shape index (κ1) is 15.0. The number of nitrogens with one attached hydrogen (secondary N) is 1. The van der Waals surface area contributed by atoms with Crippen LogP contribution in [0.5, 0.6) is 0 Å². The standard InChI is InChI=1S/C15H21BrN4/c1-10-6-12(7-11(2)14(10)16)17-8-13-9-20(19-18-13)15(3,4)5/h6-7,9,17H,8H2,1-5H3. The van der Waals surface area contributed by atoms with E-state index >= 15 is 0 Å². The first-order valence-corrected chi connectivity index (χ1v) is 7.49. The van der Waals surface area contributed by atoms with Crippen molar-refractivity contribution in [3.8, 4) is 0 Å². The number of anilines is 1. The van der Waals surface area contributed by atoms with E-state index in [-0.39, 0.29) is 5.54 Å². The van der Waals surface area contributed by atoms with Crippen molar-refractivity contribution in [2.45, 2.75) is 46.7 Å². The summed E-state index contributed by atoms with van der Waals surface area (Å²) in [7, 11) is 0. The first-order chi connectivity index (χ1) is 9.27. The third-order valence-electron chi connectivity index (χ3n) is 3.14. The summed E-state index contributed by atoms with van der Waals surface area (Å²) < 4.78 is 3.06. The molecule has 0 atom stereocenters. The second kappa shape index (κ2) is 5.56. The van der Waals surface area contributed by atoms with E-state index in [1.54, 1.807) is 0 Å². The van der Waals surface area contributed by atoms with Gasteiger partial charge in [-0.25, -0.2) is 4.68 Å². The van der Waals surface area contributed by atoms with Crippen LogP contribution in [0.4, 0.5) is 5.69 Å². The molecule has 0 unspecified atom stereocenters. The Hall–Kier alpha value is -1.36. The van der Waals surface area contributed by atoms with Gasteiger partial charge >= 0.3 is 0 Å². The number of rotatable bonds is 3. The molecule has 2 aromatic rings. The summed E-state index contributed by atoms with van der Waals surface area (Å²) in [4.78, 5) is 0. The third kappa shape index (κ3) is 3.39. The van der Waals surface area contributed by atoms with E-state index in [9.17, 15) is 0 Å². The summed E-state index contributed by atoms with van der Waals surface area (Å²) in [6, 6.07) is 4.26. The Balaban J connectivity index is 2.08. The van der Waals surface area contributed by atoms with E-state index in [1.807, 2.05) is 10.9 Å². The lowest BCUT2D eigenvalue weighted by Crippen LogP contribution is -2.22. The Bertz CT molecular complexity index is 588. The van der Waals surface area contributed by atoms with Crippen LogP contribution >= 0.6 is 15.9 Å². The van der Waals surface area contributed by atoms with Crippen molar-refractivity contribution >= 4 is 21.6 Å². The molecule has 0 radical (unpaired) electrons. The van der Waals surface area contributed by atoms with Crippen molar-refractivity contribution in [1.29, 1.82) is 0 Å². The van der Waals surface area contributed by atoms with Crippen LogP contribution in [0.1, 0.15) is 37.6 Å². The molecule has 1 N–H and O–H groups in total. The smallest absolute Gasteiger partial charge is 0.102 e. The molecule has 0 bridgehead atoms. The van der Waals surface area contributed by atoms with Crippen LogP contribution in [-0.4, -0.2) is 15.0 Å². The van der Waals surface area contributed by atoms with E-state index in [0.29, 0.717) is 6.54 Å². The zero-order valence-electron chi connectivity index (χ0n) is 12.7. The Morgan fingerprint density at radius 3 is 2.30 bits per heavy atom. The highest BCUT2D eigenvalue weighted by molar-refractivity contribution is 9.10. The van der Waals surface area contributed by atoms with Crippen molar-refractivity contribution in [3.63, 3.8) is 0 Å². The summed E-state index contributed by atoms with van der Waals surface area (Å²) in [5.74, 6) is 0. The highest BCUT2D eigenvalue weighted by Crippen LogP contribution is 2.25. The average Bonchev–Trinajstić information content (AvgIpc) is 2.82. The lowest BCUT2D eigenvalue weighted by Gasteiger charge is -2.17. The van der Waals surface area contributed by atoms with Gasteiger partial charge in [-0.05, 0) is 57.9 Å². The molecule has 0 spiro atoms. The molecular weight excluding hydrogens is 316 g/mol. The van der Waals surface area contributed by atoms with Gasteiger partial charge in [-0.1, -0.05) is 21.1 Å². The molecule has 20 heavy (non-hydrogen) atoms. The predicted molar refractivity (Wildman–Crippen MR) is 86.0 cm³/mol. The van der Waals surface area contributed by atoms with Crippen LogP contribution in [0.2, 0.25) is 0 Å². The molecule has 0 fully saturated rings. The highest BCUT2D eigenvalue weighted by atomic mass is 79.9. The van der Waals surface area contributed by atoms with Crippen LogP contribution < -0.4 is 5.32 Å². The molecular formula is C15H21BrN4. The maximum absolute atomic E-state index is 4.20. The molecule has 2 rings (SSSR count). The van der Waals surface area contributed by atoms with Gasteiger partial charge in [0, 0.05) is 10.2 Å². The summed E-state index contributed by atoms with van der Waals surface area (Å²) in [6.45, 7) is 11.2. The van der Waals surface area contributed by atoms with Gasteiger partial charge in [-0.3, -0.25) is 0 Å². The SMILES string of the molecule is Cc1cc(NCc2cn(C(C)(C)C)nn2)cc(C)c1Br. The van der Waals surface area contributed by atoms with Gasteiger partial charge < -0.3 is 5.32 Å². The van der Waals surface area contributed by atoms with Crippen molar-refractivity contribution in [3.05, 3.63) is 39.6 Å². The highest BCUT2D eigenvalue weighted by Gasteiger charge is 2.14. The monoisotopic (exact) mass is 336 g/mol. The number of halogens is 1. The minimum absolute atomic E-state index is 0.0317. The maximum Gasteiger partial charge on any atom is 0.102 e. The Labute approximate surface area is 128 Å². The zero-order chi connectivity index (χ0) is 14.9. The number of benzene rings is 1. The molecule has 0 saturated carbocycles. The topological polar surface area (TPSA) is 42.7 Å². The van der Waals surface area contributed by atoms with Gasteiger partial charge in [0.25, 0.3) is 0 Å². The first-order valence-electron chi connectivity index (χ1n) is 6.69. The second-order valence-electron chi connectivity index (χ2n) is 6.10. The van der Waals surface area contributed by atoms with E-state index < -0.39 is 0 Å². The van der Waals surface area contributed by atoms with E-state index in [2.05, 4.69) is 78.3 Å². The van der Waals surface area contributed by atoms with Gasteiger partial charge in [-0.2, -0.15) is 0 Å². The number of hydrogen-bond acceptors (Lipinski definition) is 3.